The van der Waals surface area contributed by atoms with E-state index in [1.165, 1.54) is 4.90 Å². The molecule has 2 aromatic carbocycles. The summed E-state index contributed by atoms with van der Waals surface area (Å²) in [7, 11) is 0. The second-order valence-electron chi connectivity index (χ2n) is 6.18. The Kier molecular flexibility index (Phi) is 3.69. The minimum Gasteiger partial charge on any atom is -0.325 e. The first-order valence-electron chi connectivity index (χ1n) is 8.19. The molecule has 0 bridgehead atoms. The van der Waals surface area contributed by atoms with E-state index in [0.29, 0.717) is 5.69 Å². The summed E-state index contributed by atoms with van der Waals surface area (Å²) >= 11 is 0. The molecule has 4 rings (SSSR count). The Morgan fingerprint density at radius 2 is 1.72 bits per heavy atom. The number of nitrogens with one attached hydrogen (secondary N) is 1. The van der Waals surface area contributed by atoms with E-state index in [9.17, 15) is 9.59 Å². The van der Waals surface area contributed by atoms with E-state index in [1.807, 2.05) is 61.5 Å². The Labute approximate surface area is 145 Å². The quantitative estimate of drug-likeness (QED) is 0.748. The molecule has 25 heavy (non-hydrogen) atoms. The van der Waals surface area contributed by atoms with Gasteiger partial charge in [-0.3, -0.25) is 9.78 Å². The van der Waals surface area contributed by atoms with Crippen LogP contribution in [0.15, 0.2) is 67.0 Å². The molecule has 3 amide bonds. The number of hydrogen-bond donors (Lipinski definition) is 1. The molecule has 5 nitrogen and oxygen atoms in total. The number of anilines is 1. The summed E-state index contributed by atoms with van der Waals surface area (Å²) in [5, 5.41) is 4.54. The molecule has 2 atom stereocenters. The molecule has 1 aromatic heterocycles. The fourth-order valence-electron chi connectivity index (χ4n) is 3.29. The molecule has 1 aliphatic heterocycles. The highest BCUT2D eigenvalue weighted by atomic mass is 16.2. The molecule has 5 heteroatoms. The van der Waals surface area contributed by atoms with Crippen LogP contribution in [0.4, 0.5) is 10.5 Å². The summed E-state index contributed by atoms with van der Waals surface area (Å²) in [6.45, 7) is 1.95. The molecule has 1 aliphatic rings. The fourth-order valence-corrected chi connectivity index (χ4v) is 3.29. The molecule has 124 valence electrons. The van der Waals surface area contributed by atoms with Gasteiger partial charge in [0.1, 0.15) is 6.04 Å². The van der Waals surface area contributed by atoms with Gasteiger partial charge in [0.05, 0.1) is 11.9 Å². The van der Waals surface area contributed by atoms with Gasteiger partial charge in [0.2, 0.25) is 0 Å². The van der Waals surface area contributed by atoms with Gasteiger partial charge in [-0.2, -0.15) is 0 Å². The Balaban J connectivity index is 1.72. The van der Waals surface area contributed by atoms with Crippen LogP contribution in [0.3, 0.4) is 0 Å². The minimum atomic E-state index is -0.589. The number of amides is 3. The second-order valence-corrected chi connectivity index (χ2v) is 6.18. The smallest absolute Gasteiger partial charge is 0.325 e. The Hall–Kier alpha value is -3.21. The Bertz CT molecular complexity index is 950. The van der Waals surface area contributed by atoms with Crippen LogP contribution in [0.5, 0.6) is 0 Å². The summed E-state index contributed by atoms with van der Waals surface area (Å²) in [4.78, 5) is 30.9. The molecule has 2 heterocycles. The highest BCUT2D eigenvalue weighted by Gasteiger charge is 2.42. The third-order valence-electron chi connectivity index (χ3n) is 4.68. The van der Waals surface area contributed by atoms with E-state index < -0.39 is 12.1 Å². The average Bonchev–Trinajstić information content (AvgIpc) is 2.95. The van der Waals surface area contributed by atoms with Gasteiger partial charge in [0.25, 0.3) is 5.91 Å². The van der Waals surface area contributed by atoms with Crippen molar-refractivity contribution in [1.82, 2.24) is 10.3 Å². The predicted octanol–water partition coefficient (Wildman–Crippen LogP) is 3.46. The van der Waals surface area contributed by atoms with Crippen LogP contribution >= 0.6 is 0 Å². The first kappa shape index (κ1) is 15.3. The summed E-state index contributed by atoms with van der Waals surface area (Å²) in [5.74, 6) is -0.370. The number of aromatic nitrogens is 1. The van der Waals surface area contributed by atoms with Gasteiger partial charge in [-0.15, -0.1) is 0 Å². The van der Waals surface area contributed by atoms with Crippen LogP contribution in [-0.2, 0) is 4.79 Å². The lowest BCUT2D eigenvalue weighted by molar-refractivity contribution is -0.118. The van der Waals surface area contributed by atoms with Crippen molar-refractivity contribution in [3.05, 3.63) is 72.6 Å². The monoisotopic (exact) mass is 331 g/mol. The zero-order valence-corrected chi connectivity index (χ0v) is 13.7. The van der Waals surface area contributed by atoms with Crippen LogP contribution in [0, 0.1) is 0 Å². The van der Waals surface area contributed by atoms with E-state index in [-0.39, 0.29) is 11.8 Å². The number of pyridine rings is 1. The molecule has 0 aliphatic carbocycles. The molecule has 0 saturated carbocycles. The molecule has 0 radical (unpaired) electrons. The number of hydrogen-bond acceptors (Lipinski definition) is 3. The number of carbonyl (C=O) groups excluding carboxylic acids is 2. The van der Waals surface area contributed by atoms with Gasteiger partial charge in [0.15, 0.2) is 0 Å². The molecule has 1 fully saturated rings. The largest absolute Gasteiger partial charge is 0.329 e. The average molecular weight is 331 g/mol. The van der Waals surface area contributed by atoms with Crippen molar-refractivity contribution in [2.24, 2.45) is 0 Å². The maximum atomic E-state index is 13.0. The van der Waals surface area contributed by atoms with E-state index in [0.717, 1.165) is 16.3 Å². The van der Waals surface area contributed by atoms with Crippen molar-refractivity contribution in [2.75, 3.05) is 4.90 Å². The van der Waals surface area contributed by atoms with Crippen LogP contribution in [0.2, 0.25) is 0 Å². The van der Waals surface area contributed by atoms with Gasteiger partial charge in [-0.1, -0.05) is 61.5 Å². The molecule has 2 unspecified atom stereocenters. The highest BCUT2D eigenvalue weighted by Crippen LogP contribution is 2.31. The minimum absolute atomic E-state index is 0.120. The normalized spacial score (nSPS) is 18.4. The molecule has 1 N–H and O–H groups in total. The standard InChI is InChI=1S/C20H17N3O2/c1-13(14-7-3-2-4-8-14)18-19(24)23(20(25)22-18)17-12-21-11-15-9-5-6-10-16(15)17/h2-13,18H,1H3,(H,22,25). The van der Waals surface area contributed by atoms with Gasteiger partial charge in [-0.25, -0.2) is 9.69 Å². The van der Waals surface area contributed by atoms with E-state index in [4.69, 9.17) is 0 Å². The molecule has 1 saturated heterocycles. The molecular weight excluding hydrogens is 314 g/mol. The Morgan fingerprint density at radius 3 is 2.52 bits per heavy atom. The molecular formula is C20H17N3O2. The summed E-state index contributed by atoms with van der Waals surface area (Å²) in [6, 6.07) is 16.3. The van der Waals surface area contributed by atoms with Crippen molar-refractivity contribution in [2.45, 2.75) is 18.9 Å². The maximum absolute atomic E-state index is 13.0. The number of urea groups is 1. The van der Waals surface area contributed by atoms with Gasteiger partial charge >= 0.3 is 6.03 Å². The van der Waals surface area contributed by atoms with Crippen molar-refractivity contribution >= 4 is 28.4 Å². The van der Waals surface area contributed by atoms with Gasteiger partial charge in [0, 0.05) is 22.9 Å². The number of imide groups is 1. The summed E-state index contributed by atoms with van der Waals surface area (Å²) < 4.78 is 0. The van der Waals surface area contributed by atoms with Gasteiger partial charge in [-0.05, 0) is 5.56 Å². The Morgan fingerprint density at radius 1 is 1.00 bits per heavy atom. The van der Waals surface area contributed by atoms with Crippen LogP contribution in [0.25, 0.3) is 10.8 Å². The van der Waals surface area contributed by atoms with Crippen molar-refractivity contribution in [3.63, 3.8) is 0 Å². The molecule has 3 aromatic rings. The first-order chi connectivity index (χ1) is 12.2. The van der Waals surface area contributed by atoms with E-state index in [1.54, 1.807) is 12.4 Å². The van der Waals surface area contributed by atoms with E-state index >= 15 is 0 Å². The van der Waals surface area contributed by atoms with Crippen LogP contribution < -0.4 is 10.2 Å². The summed E-state index contributed by atoms with van der Waals surface area (Å²) in [5.41, 5.74) is 1.53. The van der Waals surface area contributed by atoms with Crippen molar-refractivity contribution in [3.8, 4) is 0 Å². The SMILES string of the molecule is CC(c1ccccc1)C1NC(=O)N(c2cncc3ccccc23)C1=O. The lowest BCUT2D eigenvalue weighted by atomic mass is 9.93. The molecule has 0 spiro atoms. The number of fused-ring (bicyclic) bond motifs is 1. The lowest BCUT2D eigenvalue weighted by Gasteiger charge is -2.18. The van der Waals surface area contributed by atoms with Crippen molar-refractivity contribution < 1.29 is 9.59 Å². The zero-order chi connectivity index (χ0) is 17.4. The van der Waals surface area contributed by atoms with Crippen LogP contribution in [0.1, 0.15) is 18.4 Å². The topological polar surface area (TPSA) is 62.3 Å². The number of rotatable bonds is 3. The highest BCUT2D eigenvalue weighted by molar-refractivity contribution is 6.24. The third kappa shape index (κ3) is 2.54. The first-order valence-corrected chi connectivity index (χ1v) is 8.19. The number of nitrogens with zero attached hydrogens (tertiary/aromatic N) is 2. The van der Waals surface area contributed by atoms with E-state index in [2.05, 4.69) is 10.3 Å². The second kappa shape index (κ2) is 6.02. The fraction of sp³-hybridized carbons (Fsp3) is 0.150. The third-order valence-corrected chi connectivity index (χ3v) is 4.68. The predicted molar refractivity (Wildman–Crippen MR) is 96.4 cm³/mol. The summed E-state index contributed by atoms with van der Waals surface area (Å²) in [6.07, 6.45) is 3.29. The number of carbonyl (C=O) groups is 2. The number of benzene rings is 2. The van der Waals surface area contributed by atoms with Crippen molar-refractivity contribution in [1.29, 1.82) is 0 Å². The lowest BCUT2D eigenvalue weighted by Crippen LogP contribution is -2.34. The van der Waals surface area contributed by atoms with Crippen LogP contribution in [-0.4, -0.2) is 23.0 Å². The van der Waals surface area contributed by atoms with Gasteiger partial charge < -0.3 is 5.32 Å². The maximum Gasteiger partial charge on any atom is 0.329 e. The zero-order valence-electron chi connectivity index (χ0n) is 13.7.